The van der Waals surface area contributed by atoms with Crippen LogP contribution in [-0.2, 0) is 10.0 Å². The van der Waals surface area contributed by atoms with Crippen molar-refractivity contribution in [3.8, 4) is 11.5 Å². The Morgan fingerprint density at radius 2 is 2.04 bits per heavy atom. The van der Waals surface area contributed by atoms with Crippen molar-refractivity contribution in [2.24, 2.45) is 9.50 Å². The van der Waals surface area contributed by atoms with Crippen LogP contribution in [-0.4, -0.2) is 44.2 Å². The number of nitrogens with zero attached hydrogens (tertiary/aromatic N) is 3. The molecule has 7 nitrogen and oxygen atoms in total. The third-order valence-electron chi connectivity index (χ3n) is 3.71. The molecule has 0 aliphatic carbocycles. The first kappa shape index (κ1) is 17.0. The van der Waals surface area contributed by atoms with E-state index in [1.165, 1.54) is 24.3 Å². The Bertz CT molecular complexity index is 968. The van der Waals surface area contributed by atoms with Crippen LogP contribution in [0.2, 0.25) is 0 Å². The van der Waals surface area contributed by atoms with E-state index in [-0.39, 0.29) is 10.6 Å². The number of sulfonamides is 1. The maximum Gasteiger partial charge on any atom is 0.285 e. The summed E-state index contributed by atoms with van der Waals surface area (Å²) in [5.41, 5.74) is 1.23. The summed E-state index contributed by atoms with van der Waals surface area (Å²) in [6, 6.07) is 11.5. The van der Waals surface area contributed by atoms with Crippen LogP contribution in [0.1, 0.15) is 18.1 Å². The van der Waals surface area contributed by atoms with Crippen LogP contribution in [0.5, 0.6) is 11.5 Å². The highest BCUT2D eigenvalue weighted by Crippen LogP contribution is 2.28. The van der Waals surface area contributed by atoms with Crippen LogP contribution in [0.15, 0.2) is 56.9 Å². The smallest absolute Gasteiger partial charge is 0.285 e. The number of rotatable bonds is 4. The van der Waals surface area contributed by atoms with Gasteiger partial charge >= 0.3 is 0 Å². The minimum atomic E-state index is -3.69. The molecule has 1 aliphatic heterocycles. The van der Waals surface area contributed by atoms with Crippen molar-refractivity contribution >= 4 is 22.1 Å². The lowest BCUT2D eigenvalue weighted by molar-refractivity contribution is 0.373. The van der Waals surface area contributed by atoms with Crippen LogP contribution in [0.4, 0.5) is 0 Å². The molecule has 1 N–H and O–H groups in total. The summed E-state index contributed by atoms with van der Waals surface area (Å²) >= 11 is 0. The maximum absolute atomic E-state index is 12.2. The van der Waals surface area contributed by atoms with E-state index in [4.69, 9.17) is 4.74 Å². The number of phenols is 1. The van der Waals surface area contributed by atoms with Gasteiger partial charge in [-0.15, -0.1) is 4.40 Å². The number of aromatic hydroxyl groups is 1. The quantitative estimate of drug-likeness (QED) is 0.667. The lowest BCUT2D eigenvalue weighted by Crippen LogP contribution is -2.25. The Kier molecular flexibility index (Phi) is 4.45. The molecule has 0 amide bonds. The third kappa shape index (κ3) is 3.20. The normalized spacial score (nSPS) is 15.0. The third-order valence-corrected chi connectivity index (χ3v) is 5.03. The SMILES string of the molecule is CCN(N=Cc1ccc(O)c(OC)c1)C1=NS(=O)(=O)c2ccccc21. The second-order valence-electron chi connectivity index (χ2n) is 5.28. The highest BCUT2D eigenvalue weighted by Gasteiger charge is 2.31. The molecular weight excluding hydrogens is 342 g/mol. The Balaban J connectivity index is 1.94. The summed E-state index contributed by atoms with van der Waals surface area (Å²) in [6.07, 6.45) is 1.56. The molecule has 0 radical (unpaired) electrons. The number of methoxy groups -OCH3 is 1. The van der Waals surface area contributed by atoms with E-state index in [9.17, 15) is 13.5 Å². The van der Waals surface area contributed by atoms with Gasteiger partial charge in [-0.3, -0.25) is 0 Å². The van der Waals surface area contributed by atoms with Gasteiger partial charge in [-0.25, -0.2) is 5.01 Å². The Morgan fingerprint density at radius 3 is 2.76 bits per heavy atom. The molecule has 0 unspecified atom stereocenters. The van der Waals surface area contributed by atoms with Gasteiger partial charge < -0.3 is 9.84 Å². The van der Waals surface area contributed by atoms with Gasteiger partial charge in [0.2, 0.25) is 0 Å². The average molecular weight is 359 g/mol. The zero-order chi connectivity index (χ0) is 18.0. The van der Waals surface area contributed by atoms with Crippen molar-refractivity contribution in [2.75, 3.05) is 13.7 Å². The largest absolute Gasteiger partial charge is 0.504 e. The van der Waals surface area contributed by atoms with Crippen LogP contribution >= 0.6 is 0 Å². The molecule has 0 spiro atoms. The van der Waals surface area contributed by atoms with Gasteiger partial charge in [0.15, 0.2) is 17.3 Å². The van der Waals surface area contributed by atoms with Crippen LogP contribution < -0.4 is 4.74 Å². The fourth-order valence-electron chi connectivity index (χ4n) is 2.47. The number of hydrazone groups is 1. The standard InChI is InChI=1S/C17H17N3O4S/c1-3-20(18-11-12-8-9-14(21)15(10-12)24-2)17-13-6-4-5-7-16(13)25(22,23)19-17/h4-11,21H,3H2,1-2H3. The van der Waals surface area contributed by atoms with Crippen molar-refractivity contribution in [3.63, 3.8) is 0 Å². The van der Waals surface area contributed by atoms with E-state index in [0.29, 0.717) is 29.3 Å². The zero-order valence-electron chi connectivity index (χ0n) is 13.7. The predicted octanol–water partition coefficient (Wildman–Crippen LogP) is 2.21. The van der Waals surface area contributed by atoms with Gasteiger partial charge in [0.05, 0.1) is 13.3 Å². The van der Waals surface area contributed by atoms with Gasteiger partial charge in [-0.1, -0.05) is 12.1 Å². The molecule has 1 aliphatic rings. The van der Waals surface area contributed by atoms with E-state index in [1.54, 1.807) is 36.5 Å². The number of benzene rings is 2. The lowest BCUT2D eigenvalue weighted by Gasteiger charge is -2.16. The summed E-state index contributed by atoms with van der Waals surface area (Å²) < 4.78 is 33.3. The Morgan fingerprint density at radius 1 is 1.28 bits per heavy atom. The summed E-state index contributed by atoms with van der Waals surface area (Å²) in [5, 5.41) is 15.5. The maximum atomic E-state index is 12.2. The molecule has 0 fully saturated rings. The molecule has 1 heterocycles. The van der Waals surface area contributed by atoms with Crippen LogP contribution in [0.25, 0.3) is 0 Å². The van der Waals surface area contributed by atoms with Gasteiger partial charge in [-0.05, 0) is 42.8 Å². The first-order valence-corrected chi connectivity index (χ1v) is 9.03. The van der Waals surface area contributed by atoms with E-state index in [2.05, 4.69) is 9.50 Å². The van der Waals surface area contributed by atoms with Crippen molar-refractivity contribution in [1.82, 2.24) is 5.01 Å². The molecule has 0 atom stereocenters. The van der Waals surface area contributed by atoms with Crippen LogP contribution in [0.3, 0.4) is 0 Å². The number of hydrogen-bond donors (Lipinski definition) is 1. The molecule has 2 aromatic carbocycles. The molecule has 130 valence electrons. The molecule has 25 heavy (non-hydrogen) atoms. The fourth-order valence-corrected chi connectivity index (χ4v) is 3.68. The average Bonchev–Trinajstić information content (AvgIpc) is 2.88. The summed E-state index contributed by atoms with van der Waals surface area (Å²) in [4.78, 5) is 0.185. The Hall–Kier alpha value is -2.87. The minimum absolute atomic E-state index is 0.0344. The number of amidine groups is 1. The van der Waals surface area contributed by atoms with Crippen molar-refractivity contribution < 1.29 is 18.3 Å². The minimum Gasteiger partial charge on any atom is -0.504 e. The van der Waals surface area contributed by atoms with Gasteiger partial charge in [-0.2, -0.15) is 13.5 Å². The number of ether oxygens (including phenoxy) is 1. The summed E-state index contributed by atoms with van der Waals surface area (Å²) in [6.45, 7) is 2.29. The molecule has 0 aromatic heterocycles. The summed E-state index contributed by atoms with van der Waals surface area (Å²) in [5.74, 6) is 0.658. The molecule has 3 rings (SSSR count). The first-order chi connectivity index (χ1) is 12.0. The van der Waals surface area contributed by atoms with Crippen LogP contribution in [0, 0.1) is 0 Å². The van der Waals surface area contributed by atoms with E-state index in [1.807, 2.05) is 6.92 Å². The van der Waals surface area contributed by atoms with Crippen molar-refractivity contribution in [1.29, 1.82) is 0 Å². The predicted molar refractivity (Wildman–Crippen MR) is 94.8 cm³/mol. The van der Waals surface area contributed by atoms with E-state index >= 15 is 0 Å². The topological polar surface area (TPSA) is 91.6 Å². The van der Waals surface area contributed by atoms with Gasteiger partial charge in [0.1, 0.15) is 4.90 Å². The van der Waals surface area contributed by atoms with Crippen molar-refractivity contribution in [3.05, 3.63) is 53.6 Å². The molecule has 0 saturated carbocycles. The second kappa shape index (κ2) is 6.56. The highest BCUT2D eigenvalue weighted by molar-refractivity contribution is 7.90. The van der Waals surface area contributed by atoms with E-state index < -0.39 is 10.0 Å². The molecular formula is C17H17N3O4S. The Labute approximate surface area is 145 Å². The zero-order valence-corrected chi connectivity index (χ0v) is 14.6. The number of phenolic OH excluding ortho intramolecular Hbond substituents is 1. The lowest BCUT2D eigenvalue weighted by atomic mass is 10.2. The molecule has 2 aromatic rings. The molecule has 0 bridgehead atoms. The molecule has 8 heteroatoms. The fraction of sp³-hybridized carbons (Fsp3) is 0.176. The van der Waals surface area contributed by atoms with Gasteiger partial charge in [0, 0.05) is 12.1 Å². The summed E-state index contributed by atoms with van der Waals surface area (Å²) in [7, 11) is -2.23. The second-order valence-corrected chi connectivity index (χ2v) is 6.85. The molecule has 0 saturated heterocycles. The number of fused-ring (bicyclic) bond motifs is 1. The highest BCUT2D eigenvalue weighted by atomic mass is 32.2. The number of hydrogen-bond acceptors (Lipinski definition) is 6. The van der Waals surface area contributed by atoms with Crippen molar-refractivity contribution in [2.45, 2.75) is 11.8 Å². The monoisotopic (exact) mass is 359 g/mol. The van der Waals surface area contributed by atoms with Gasteiger partial charge in [0.25, 0.3) is 10.0 Å². The first-order valence-electron chi connectivity index (χ1n) is 7.59. The van der Waals surface area contributed by atoms with E-state index in [0.717, 1.165) is 0 Å².